The normalized spacial score (nSPS) is 17.0. The van der Waals surface area contributed by atoms with Crippen LogP contribution in [0.3, 0.4) is 0 Å². The van der Waals surface area contributed by atoms with Crippen LogP contribution in [0.15, 0.2) is 42.5 Å². The highest BCUT2D eigenvalue weighted by molar-refractivity contribution is 6.30. The second-order valence-electron chi connectivity index (χ2n) is 8.45. The summed E-state index contributed by atoms with van der Waals surface area (Å²) in [5, 5.41) is 11.5. The van der Waals surface area contributed by atoms with Gasteiger partial charge in [-0.05, 0) is 68.5 Å². The van der Waals surface area contributed by atoms with Gasteiger partial charge in [0.15, 0.2) is 0 Å². The van der Waals surface area contributed by atoms with Gasteiger partial charge in [-0.1, -0.05) is 11.6 Å². The average Bonchev–Trinajstić information content (AvgIpc) is 2.85. The SMILES string of the molecule is O=C(c1ccc(Oc2ccc(Cl)cc2[N+](=O)[O-])cc1)N1CCC(C(=O)N2CCCCC2)CC1. The summed E-state index contributed by atoms with van der Waals surface area (Å²) in [5.41, 5.74) is 0.276. The van der Waals surface area contributed by atoms with Gasteiger partial charge in [0.2, 0.25) is 11.7 Å². The molecule has 0 atom stereocenters. The molecule has 174 valence electrons. The molecule has 2 saturated heterocycles. The molecule has 4 rings (SSSR count). The van der Waals surface area contributed by atoms with Crippen molar-refractivity contribution in [2.24, 2.45) is 5.92 Å². The summed E-state index contributed by atoms with van der Waals surface area (Å²) in [5.74, 6) is 0.590. The maximum atomic E-state index is 12.9. The first kappa shape index (κ1) is 23.0. The maximum absolute atomic E-state index is 12.9. The van der Waals surface area contributed by atoms with Gasteiger partial charge in [0, 0.05) is 48.7 Å². The number of halogens is 1. The summed E-state index contributed by atoms with van der Waals surface area (Å²) >= 11 is 5.84. The first-order valence-electron chi connectivity index (χ1n) is 11.2. The summed E-state index contributed by atoms with van der Waals surface area (Å²) in [6.07, 6.45) is 4.71. The molecule has 2 aliphatic heterocycles. The molecule has 0 saturated carbocycles. The van der Waals surface area contributed by atoms with Crippen LogP contribution in [0.25, 0.3) is 0 Å². The third-order valence-electron chi connectivity index (χ3n) is 6.25. The van der Waals surface area contributed by atoms with Gasteiger partial charge in [-0.25, -0.2) is 0 Å². The molecule has 2 aromatic carbocycles. The molecule has 0 bridgehead atoms. The molecule has 0 radical (unpaired) electrons. The van der Waals surface area contributed by atoms with Crippen LogP contribution in [-0.4, -0.2) is 52.7 Å². The van der Waals surface area contributed by atoms with Crippen molar-refractivity contribution in [2.75, 3.05) is 26.2 Å². The number of likely N-dealkylation sites (tertiary alicyclic amines) is 2. The fourth-order valence-electron chi connectivity index (χ4n) is 4.40. The minimum Gasteiger partial charge on any atom is -0.450 e. The van der Waals surface area contributed by atoms with E-state index in [4.69, 9.17) is 16.3 Å². The molecule has 2 aromatic rings. The zero-order chi connectivity index (χ0) is 23.4. The van der Waals surface area contributed by atoms with Crippen LogP contribution in [0.4, 0.5) is 5.69 Å². The smallest absolute Gasteiger partial charge is 0.313 e. The molecule has 2 amide bonds. The lowest BCUT2D eigenvalue weighted by atomic mass is 9.94. The Morgan fingerprint density at radius 2 is 1.61 bits per heavy atom. The molecule has 9 heteroatoms. The molecule has 0 spiro atoms. The third kappa shape index (κ3) is 5.45. The molecular formula is C24H26ClN3O5. The number of hydrogen-bond acceptors (Lipinski definition) is 5. The number of carbonyl (C=O) groups excluding carboxylic acids is 2. The van der Waals surface area contributed by atoms with Gasteiger partial charge in [0.25, 0.3) is 5.91 Å². The van der Waals surface area contributed by atoms with E-state index in [0.29, 0.717) is 37.2 Å². The maximum Gasteiger partial charge on any atom is 0.313 e. The van der Waals surface area contributed by atoms with E-state index in [1.807, 2.05) is 4.90 Å². The summed E-state index contributed by atoms with van der Waals surface area (Å²) in [4.78, 5) is 40.1. The number of piperidine rings is 2. The topological polar surface area (TPSA) is 93.0 Å². The van der Waals surface area contributed by atoms with Crippen LogP contribution in [0.5, 0.6) is 11.5 Å². The predicted molar refractivity (Wildman–Crippen MR) is 124 cm³/mol. The van der Waals surface area contributed by atoms with Crippen LogP contribution < -0.4 is 4.74 Å². The van der Waals surface area contributed by atoms with E-state index in [-0.39, 0.29) is 34.2 Å². The Hall–Kier alpha value is -3.13. The van der Waals surface area contributed by atoms with Gasteiger partial charge in [-0.2, -0.15) is 0 Å². The summed E-state index contributed by atoms with van der Waals surface area (Å²) in [6, 6.07) is 10.7. The average molecular weight is 472 g/mol. The van der Waals surface area contributed by atoms with Gasteiger partial charge >= 0.3 is 5.69 Å². The molecule has 0 unspecified atom stereocenters. The van der Waals surface area contributed by atoms with E-state index in [2.05, 4.69) is 0 Å². The highest BCUT2D eigenvalue weighted by atomic mass is 35.5. The fourth-order valence-corrected chi connectivity index (χ4v) is 4.56. The Bertz CT molecular complexity index is 1030. The number of nitro benzene ring substituents is 1. The molecule has 0 N–H and O–H groups in total. The van der Waals surface area contributed by atoms with E-state index in [9.17, 15) is 19.7 Å². The lowest BCUT2D eigenvalue weighted by Gasteiger charge is -2.35. The van der Waals surface area contributed by atoms with E-state index < -0.39 is 4.92 Å². The quantitative estimate of drug-likeness (QED) is 0.456. The first-order valence-corrected chi connectivity index (χ1v) is 11.6. The largest absolute Gasteiger partial charge is 0.450 e. The van der Waals surface area contributed by atoms with Crippen molar-refractivity contribution >= 4 is 29.1 Å². The monoisotopic (exact) mass is 471 g/mol. The summed E-state index contributed by atoms with van der Waals surface area (Å²) in [7, 11) is 0. The van der Waals surface area contributed by atoms with Gasteiger partial charge in [-0.15, -0.1) is 0 Å². The number of carbonyl (C=O) groups is 2. The van der Waals surface area contributed by atoms with Gasteiger partial charge in [0.05, 0.1) is 4.92 Å². The molecular weight excluding hydrogens is 446 g/mol. The Morgan fingerprint density at radius 3 is 2.24 bits per heavy atom. The molecule has 0 aliphatic carbocycles. The van der Waals surface area contributed by atoms with E-state index in [1.54, 1.807) is 29.2 Å². The number of benzene rings is 2. The second-order valence-corrected chi connectivity index (χ2v) is 8.88. The zero-order valence-corrected chi connectivity index (χ0v) is 19.0. The number of rotatable bonds is 5. The standard InChI is InChI=1S/C24H26ClN3O5/c25-19-6-9-22(21(16-19)28(31)32)33-20-7-4-17(5-8-20)23(29)27-14-10-18(11-15-27)24(30)26-12-2-1-3-13-26/h4-9,16,18H,1-3,10-15H2. The molecule has 0 aromatic heterocycles. The predicted octanol–water partition coefficient (Wildman–Crippen LogP) is 4.91. The van der Waals surface area contributed by atoms with Crippen molar-refractivity contribution < 1.29 is 19.2 Å². The van der Waals surface area contributed by atoms with Gasteiger partial charge in [0.1, 0.15) is 5.75 Å². The number of hydrogen-bond donors (Lipinski definition) is 0. The summed E-state index contributed by atoms with van der Waals surface area (Å²) < 4.78 is 5.64. The first-order chi connectivity index (χ1) is 15.9. The van der Waals surface area contributed by atoms with Crippen LogP contribution in [0.2, 0.25) is 5.02 Å². The molecule has 2 aliphatic rings. The Morgan fingerprint density at radius 1 is 0.939 bits per heavy atom. The minimum atomic E-state index is -0.557. The molecule has 8 nitrogen and oxygen atoms in total. The third-order valence-corrected chi connectivity index (χ3v) is 6.48. The van der Waals surface area contributed by atoms with Crippen LogP contribution in [0.1, 0.15) is 42.5 Å². The van der Waals surface area contributed by atoms with Crippen LogP contribution in [-0.2, 0) is 4.79 Å². The summed E-state index contributed by atoms with van der Waals surface area (Å²) in [6.45, 7) is 2.81. The lowest BCUT2D eigenvalue weighted by Crippen LogP contribution is -2.45. The van der Waals surface area contributed by atoms with E-state index in [1.165, 1.54) is 24.6 Å². The zero-order valence-electron chi connectivity index (χ0n) is 18.2. The number of nitrogens with zero attached hydrogens (tertiary/aromatic N) is 3. The van der Waals surface area contributed by atoms with Crippen molar-refractivity contribution in [3.63, 3.8) is 0 Å². The van der Waals surface area contributed by atoms with E-state index in [0.717, 1.165) is 25.9 Å². The minimum absolute atomic E-state index is 0.00177. The van der Waals surface area contributed by atoms with E-state index >= 15 is 0 Å². The number of nitro groups is 1. The van der Waals surface area contributed by atoms with Crippen molar-refractivity contribution in [2.45, 2.75) is 32.1 Å². The van der Waals surface area contributed by atoms with Crippen molar-refractivity contribution in [3.05, 3.63) is 63.2 Å². The van der Waals surface area contributed by atoms with Crippen molar-refractivity contribution in [1.82, 2.24) is 9.80 Å². The highest BCUT2D eigenvalue weighted by Gasteiger charge is 2.31. The Labute approximate surface area is 197 Å². The lowest BCUT2D eigenvalue weighted by molar-refractivity contribution is -0.385. The number of amides is 2. The van der Waals surface area contributed by atoms with Crippen molar-refractivity contribution in [3.8, 4) is 11.5 Å². The van der Waals surface area contributed by atoms with Crippen molar-refractivity contribution in [1.29, 1.82) is 0 Å². The fraction of sp³-hybridized carbons (Fsp3) is 0.417. The highest BCUT2D eigenvalue weighted by Crippen LogP contribution is 2.33. The number of ether oxygens (including phenoxy) is 1. The molecule has 2 fully saturated rings. The van der Waals surface area contributed by atoms with Crippen LogP contribution in [0, 0.1) is 16.0 Å². The molecule has 33 heavy (non-hydrogen) atoms. The van der Waals surface area contributed by atoms with Gasteiger partial charge in [-0.3, -0.25) is 19.7 Å². The Kier molecular flexibility index (Phi) is 7.13. The van der Waals surface area contributed by atoms with Crippen LogP contribution >= 0.6 is 11.6 Å². The van der Waals surface area contributed by atoms with Gasteiger partial charge < -0.3 is 14.5 Å². The second kappa shape index (κ2) is 10.2. The molecule has 2 heterocycles. The Balaban J connectivity index is 1.34.